The average Bonchev–Trinajstić information content (AvgIpc) is 3.35. The number of nitrogens with zero attached hydrogens (tertiary/aromatic N) is 2. The zero-order valence-electron chi connectivity index (χ0n) is 20.1. The highest BCUT2D eigenvalue weighted by molar-refractivity contribution is 6.31. The Morgan fingerprint density at radius 1 is 1.15 bits per heavy atom. The van der Waals surface area contributed by atoms with Crippen LogP contribution in [0.2, 0.25) is 5.02 Å². The Balaban J connectivity index is 1.94. The van der Waals surface area contributed by atoms with Gasteiger partial charge in [-0.1, -0.05) is 11.6 Å². The first-order chi connectivity index (χ1) is 18.7. The zero-order valence-corrected chi connectivity index (χ0v) is 20.9. The molecule has 0 spiro atoms. The van der Waals surface area contributed by atoms with Gasteiger partial charge >= 0.3 is 6.18 Å². The van der Waals surface area contributed by atoms with E-state index in [1.807, 2.05) is 0 Å². The van der Waals surface area contributed by atoms with E-state index in [0.29, 0.717) is 6.07 Å². The van der Waals surface area contributed by atoms with Crippen molar-refractivity contribution in [3.63, 3.8) is 0 Å². The van der Waals surface area contributed by atoms with E-state index < -0.39 is 65.3 Å². The molecule has 40 heavy (non-hydrogen) atoms. The molecule has 208 valence electrons. The Kier molecular flexibility index (Phi) is 6.52. The Hall–Kier alpha value is -4.13. The maximum absolute atomic E-state index is 15.6. The molecule has 5 rings (SSSR count). The quantitative estimate of drug-likeness (QED) is 0.275. The van der Waals surface area contributed by atoms with Gasteiger partial charge in [0.25, 0.3) is 12.3 Å². The van der Waals surface area contributed by atoms with Gasteiger partial charge in [-0.3, -0.25) is 9.59 Å². The van der Waals surface area contributed by atoms with Crippen LogP contribution in [0.25, 0.3) is 22.2 Å². The fourth-order valence-corrected chi connectivity index (χ4v) is 5.20. The Bertz CT molecular complexity index is 1730. The van der Waals surface area contributed by atoms with Crippen LogP contribution in [0.5, 0.6) is 0 Å². The van der Waals surface area contributed by atoms with Gasteiger partial charge < -0.3 is 15.6 Å². The number of nitrogens with one attached hydrogen (secondary N) is 1. The number of fused-ring (bicyclic) bond motifs is 3. The maximum Gasteiger partial charge on any atom is 0.416 e. The van der Waals surface area contributed by atoms with Crippen LogP contribution in [0.3, 0.4) is 0 Å². The van der Waals surface area contributed by atoms with Crippen LogP contribution < -0.4 is 11.1 Å². The minimum Gasteiger partial charge on any atom is -0.366 e. The van der Waals surface area contributed by atoms with E-state index in [1.165, 1.54) is 13.0 Å². The smallest absolute Gasteiger partial charge is 0.366 e. The largest absolute Gasteiger partial charge is 0.416 e. The summed E-state index contributed by atoms with van der Waals surface area (Å²) in [7, 11) is 0. The van der Waals surface area contributed by atoms with E-state index in [1.54, 1.807) is 0 Å². The number of primary amides is 1. The van der Waals surface area contributed by atoms with Crippen molar-refractivity contribution in [2.45, 2.75) is 32.1 Å². The van der Waals surface area contributed by atoms with Crippen LogP contribution in [0, 0.1) is 18.6 Å². The summed E-state index contributed by atoms with van der Waals surface area (Å²) < 4.78 is 98.1. The highest BCUT2D eigenvalue weighted by atomic mass is 35.5. The minimum absolute atomic E-state index is 0.00560. The van der Waals surface area contributed by atoms with Gasteiger partial charge in [-0.25, -0.2) is 22.5 Å². The monoisotopic (exact) mass is 584 g/mol. The molecule has 3 N–H and O–H groups in total. The lowest BCUT2D eigenvalue weighted by atomic mass is 9.86. The van der Waals surface area contributed by atoms with Gasteiger partial charge in [0.2, 0.25) is 5.91 Å². The van der Waals surface area contributed by atoms with E-state index in [9.17, 15) is 35.9 Å². The van der Waals surface area contributed by atoms with Gasteiger partial charge in [-0.05, 0) is 48.9 Å². The Morgan fingerprint density at radius 2 is 1.85 bits per heavy atom. The number of carbonyl (C=O) groups is 2. The maximum atomic E-state index is 15.6. The number of alkyl halides is 5. The molecule has 0 saturated carbocycles. The zero-order chi connectivity index (χ0) is 29.3. The molecule has 6 nitrogen and oxygen atoms in total. The fourth-order valence-electron chi connectivity index (χ4n) is 4.98. The molecule has 2 amide bonds. The molecule has 0 radical (unpaired) electrons. The lowest BCUT2D eigenvalue weighted by molar-refractivity contribution is -0.137. The van der Waals surface area contributed by atoms with E-state index in [2.05, 4.69) is 10.3 Å². The number of carbonyl (C=O) groups excluding carboxylic acids is 2. The summed E-state index contributed by atoms with van der Waals surface area (Å²) in [6, 6.07) is 3.59. The summed E-state index contributed by atoms with van der Waals surface area (Å²) in [5, 5.41) is 2.55. The van der Waals surface area contributed by atoms with Crippen LogP contribution in [0.1, 0.15) is 49.3 Å². The number of rotatable bonds is 5. The third kappa shape index (κ3) is 4.43. The standard InChI is InChI=1S/C26H16ClF7N4O2/c1-9-36-23-17(38(9)8-18(30)31)7-13(19-14(24(35)39)4-10(5-16(19)29)26(32,33)34)20-21(23)25(40)37-22(20)12-6-11(28)2-3-15(12)27/h2-7,18,22H,8H2,1H3,(H2,35,39)(H,37,40). The first-order valence-corrected chi connectivity index (χ1v) is 11.9. The van der Waals surface area contributed by atoms with Crippen molar-refractivity contribution in [3.05, 3.63) is 86.7 Å². The molecule has 2 heterocycles. The molecule has 1 aromatic heterocycles. The number of aromatic nitrogens is 2. The van der Waals surface area contributed by atoms with Gasteiger partial charge in [-0.2, -0.15) is 13.2 Å². The molecule has 0 bridgehead atoms. The van der Waals surface area contributed by atoms with E-state index in [0.717, 1.165) is 22.8 Å². The van der Waals surface area contributed by atoms with Gasteiger partial charge in [0.1, 0.15) is 23.0 Å². The molecule has 0 fully saturated rings. The molecule has 1 atom stereocenters. The van der Waals surface area contributed by atoms with Crippen molar-refractivity contribution in [1.82, 2.24) is 14.9 Å². The fraction of sp³-hybridized carbons (Fsp3) is 0.192. The van der Waals surface area contributed by atoms with Crippen LogP contribution in [-0.2, 0) is 12.7 Å². The summed E-state index contributed by atoms with van der Waals surface area (Å²) in [5.41, 5.74) is 1.47. The lowest BCUT2D eigenvalue weighted by Crippen LogP contribution is -2.21. The Labute approximate surface area is 225 Å². The molecule has 0 saturated heterocycles. The third-order valence-electron chi connectivity index (χ3n) is 6.61. The molecule has 1 unspecified atom stereocenters. The van der Waals surface area contributed by atoms with Crippen molar-refractivity contribution < 1.29 is 40.3 Å². The van der Waals surface area contributed by atoms with Gasteiger partial charge in [0.15, 0.2) is 0 Å². The van der Waals surface area contributed by atoms with Crippen molar-refractivity contribution in [2.75, 3.05) is 0 Å². The topological polar surface area (TPSA) is 90.0 Å². The van der Waals surface area contributed by atoms with Crippen LogP contribution in [0.15, 0.2) is 36.4 Å². The number of hydrogen-bond acceptors (Lipinski definition) is 3. The lowest BCUT2D eigenvalue weighted by Gasteiger charge is -2.20. The predicted molar refractivity (Wildman–Crippen MR) is 130 cm³/mol. The number of aryl methyl sites for hydroxylation is 1. The third-order valence-corrected chi connectivity index (χ3v) is 6.95. The average molecular weight is 585 g/mol. The first kappa shape index (κ1) is 27.4. The van der Waals surface area contributed by atoms with E-state index in [-0.39, 0.29) is 50.2 Å². The highest BCUT2D eigenvalue weighted by Crippen LogP contribution is 2.46. The first-order valence-electron chi connectivity index (χ1n) is 11.5. The molecular formula is C26H16ClF7N4O2. The summed E-state index contributed by atoms with van der Waals surface area (Å²) in [6.45, 7) is 0.509. The van der Waals surface area contributed by atoms with Crippen LogP contribution >= 0.6 is 11.6 Å². The molecule has 4 aromatic rings. The van der Waals surface area contributed by atoms with Gasteiger partial charge in [0, 0.05) is 21.7 Å². The van der Waals surface area contributed by atoms with Crippen LogP contribution in [-0.4, -0.2) is 27.8 Å². The van der Waals surface area contributed by atoms with E-state index >= 15 is 4.39 Å². The van der Waals surface area contributed by atoms with E-state index in [4.69, 9.17) is 17.3 Å². The van der Waals surface area contributed by atoms with Crippen molar-refractivity contribution in [3.8, 4) is 11.1 Å². The predicted octanol–water partition coefficient (Wildman–Crippen LogP) is 6.16. The van der Waals surface area contributed by atoms with Crippen molar-refractivity contribution in [2.24, 2.45) is 5.73 Å². The number of halogens is 8. The molecular weight excluding hydrogens is 569 g/mol. The summed E-state index contributed by atoms with van der Waals surface area (Å²) in [6.07, 6.45) is -7.91. The molecule has 3 aromatic carbocycles. The minimum atomic E-state index is -5.04. The molecule has 1 aliphatic rings. The van der Waals surface area contributed by atoms with Gasteiger partial charge in [0.05, 0.1) is 34.8 Å². The highest BCUT2D eigenvalue weighted by Gasteiger charge is 2.40. The van der Waals surface area contributed by atoms with Crippen molar-refractivity contribution in [1.29, 1.82) is 0 Å². The summed E-state index contributed by atoms with van der Waals surface area (Å²) in [4.78, 5) is 29.9. The number of amides is 2. The second-order valence-electron chi connectivity index (χ2n) is 9.06. The van der Waals surface area contributed by atoms with Crippen molar-refractivity contribution >= 4 is 34.4 Å². The Morgan fingerprint density at radius 3 is 2.48 bits per heavy atom. The van der Waals surface area contributed by atoms with Gasteiger partial charge in [-0.15, -0.1) is 0 Å². The summed E-state index contributed by atoms with van der Waals surface area (Å²) >= 11 is 6.28. The molecule has 1 aliphatic heterocycles. The summed E-state index contributed by atoms with van der Waals surface area (Å²) in [5.74, 6) is -4.46. The SMILES string of the molecule is Cc1nc2c3c(c(-c4c(F)cc(C(F)(F)F)cc4C(N)=O)cc2n1CC(F)F)C(c1cc(F)ccc1Cl)NC3=O. The second kappa shape index (κ2) is 9.51. The normalized spacial score (nSPS) is 15.2. The number of imidazole rings is 1. The number of nitrogens with two attached hydrogens (primary N) is 1. The number of benzene rings is 3. The second-order valence-corrected chi connectivity index (χ2v) is 9.46. The molecule has 0 aliphatic carbocycles. The van der Waals surface area contributed by atoms with Crippen LogP contribution in [0.4, 0.5) is 30.7 Å². The molecule has 14 heteroatoms. The number of hydrogen-bond donors (Lipinski definition) is 2.